The van der Waals surface area contributed by atoms with E-state index >= 15 is 0 Å². The Labute approximate surface area is 204 Å². The van der Waals surface area contributed by atoms with E-state index in [9.17, 15) is 14.7 Å². The Balaban J connectivity index is 2.09. The lowest BCUT2D eigenvalue weighted by Crippen LogP contribution is -2.38. The summed E-state index contributed by atoms with van der Waals surface area (Å²) in [6.07, 6.45) is 0. The van der Waals surface area contributed by atoms with E-state index in [4.69, 9.17) is 27.9 Å². The first-order valence-electron chi connectivity index (χ1n) is 11.0. The van der Waals surface area contributed by atoms with Crippen molar-refractivity contribution in [3.8, 4) is 5.75 Å². The van der Waals surface area contributed by atoms with Crippen molar-refractivity contribution in [2.45, 2.75) is 26.8 Å². The SMILES string of the molecule is CCOc1ccc(C(O)=C2C(=O)C(=O)N(CCN(CC)CC)[C@H]2c2ccc(Cl)c(Cl)c2)cc1. The molecule has 2 aromatic rings. The van der Waals surface area contributed by atoms with E-state index in [0.717, 1.165) is 13.1 Å². The van der Waals surface area contributed by atoms with Crippen molar-refractivity contribution >= 4 is 40.7 Å². The van der Waals surface area contributed by atoms with E-state index in [2.05, 4.69) is 4.90 Å². The van der Waals surface area contributed by atoms with Crippen LogP contribution in [0.15, 0.2) is 48.0 Å². The zero-order valence-corrected chi connectivity index (χ0v) is 20.5. The Morgan fingerprint density at radius 2 is 1.70 bits per heavy atom. The second-order valence-electron chi connectivity index (χ2n) is 7.65. The number of hydrogen-bond acceptors (Lipinski definition) is 5. The van der Waals surface area contributed by atoms with Crippen LogP contribution in [0.5, 0.6) is 5.75 Å². The van der Waals surface area contributed by atoms with Crippen LogP contribution in [-0.2, 0) is 9.59 Å². The Hall–Kier alpha value is -2.54. The fourth-order valence-corrected chi connectivity index (χ4v) is 4.27. The number of benzene rings is 2. The fourth-order valence-electron chi connectivity index (χ4n) is 3.96. The zero-order valence-electron chi connectivity index (χ0n) is 19.0. The van der Waals surface area contributed by atoms with E-state index in [1.54, 1.807) is 42.5 Å². The largest absolute Gasteiger partial charge is 0.507 e. The molecule has 0 aromatic heterocycles. The summed E-state index contributed by atoms with van der Waals surface area (Å²) in [5, 5.41) is 11.8. The molecule has 1 atom stereocenters. The number of Topliss-reactive ketones (excluding diaryl/α,β-unsaturated/α-hetero) is 1. The van der Waals surface area contributed by atoms with Crippen LogP contribution in [0, 0.1) is 0 Å². The average molecular weight is 491 g/mol. The number of hydrogen-bond donors (Lipinski definition) is 1. The molecule has 1 fully saturated rings. The Kier molecular flexibility index (Phi) is 8.40. The van der Waals surface area contributed by atoms with Gasteiger partial charge in [0.1, 0.15) is 11.5 Å². The molecule has 1 heterocycles. The molecule has 1 N–H and O–H groups in total. The quantitative estimate of drug-likeness (QED) is 0.298. The van der Waals surface area contributed by atoms with Crippen molar-refractivity contribution in [3.63, 3.8) is 0 Å². The third-order valence-corrected chi connectivity index (χ3v) is 6.53. The lowest BCUT2D eigenvalue weighted by atomic mass is 9.95. The van der Waals surface area contributed by atoms with E-state index < -0.39 is 17.7 Å². The molecule has 1 saturated heterocycles. The summed E-state index contributed by atoms with van der Waals surface area (Å²) in [4.78, 5) is 29.8. The highest BCUT2D eigenvalue weighted by molar-refractivity contribution is 6.46. The topological polar surface area (TPSA) is 70.1 Å². The molecule has 0 radical (unpaired) electrons. The van der Waals surface area contributed by atoms with Crippen LogP contribution in [0.1, 0.15) is 37.9 Å². The fraction of sp³-hybridized carbons (Fsp3) is 0.360. The van der Waals surface area contributed by atoms with E-state index in [1.807, 2.05) is 20.8 Å². The molecule has 1 amide bonds. The highest BCUT2D eigenvalue weighted by atomic mass is 35.5. The number of likely N-dealkylation sites (N-methyl/N-ethyl adjacent to an activating group) is 1. The summed E-state index contributed by atoms with van der Waals surface area (Å²) in [5.74, 6) is -0.963. The number of carbonyl (C=O) groups is 2. The molecule has 1 aliphatic rings. The van der Waals surface area contributed by atoms with Gasteiger partial charge in [-0.15, -0.1) is 0 Å². The number of ketones is 1. The van der Waals surface area contributed by atoms with Crippen LogP contribution in [-0.4, -0.2) is 59.4 Å². The van der Waals surface area contributed by atoms with Crippen LogP contribution in [0.25, 0.3) is 5.76 Å². The summed E-state index contributed by atoms with van der Waals surface area (Å²) in [7, 11) is 0. The molecule has 0 spiro atoms. The van der Waals surface area contributed by atoms with Crippen molar-refractivity contribution < 1.29 is 19.4 Å². The van der Waals surface area contributed by atoms with Crippen LogP contribution < -0.4 is 4.74 Å². The Bertz CT molecular complexity index is 1050. The summed E-state index contributed by atoms with van der Waals surface area (Å²) in [6.45, 7) is 9.05. The molecule has 0 saturated carbocycles. The number of nitrogens with zero attached hydrogens (tertiary/aromatic N) is 2. The maximum atomic E-state index is 13.1. The van der Waals surface area contributed by atoms with Crippen LogP contribution >= 0.6 is 23.2 Å². The molecule has 2 aromatic carbocycles. The molecule has 0 bridgehead atoms. The second-order valence-corrected chi connectivity index (χ2v) is 8.46. The predicted molar refractivity (Wildman–Crippen MR) is 131 cm³/mol. The second kappa shape index (κ2) is 11.1. The first-order chi connectivity index (χ1) is 15.8. The number of carbonyl (C=O) groups excluding carboxylic acids is 2. The van der Waals surface area contributed by atoms with Crippen LogP contribution in [0.2, 0.25) is 10.0 Å². The van der Waals surface area contributed by atoms with E-state index in [1.165, 1.54) is 4.90 Å². The summed E-state index contributed by atoms with van der Waals surface area (Å²) >= 11 is 12.4. The van der Waals surface area contributed by atoms with Gasteiger partial charge in [-0.05, 0) is 62.0 Å². The molecule has 0 aliphatic carbocycles. The maximum absolute atomic E-state index is 13.1. The Morgan fingerprint density at radius 1 is 1.03 bits per heavy atom. The number of amides is 1. The maximum Gasteiger partial charge on any atom is 0.295 e. The first-order valence-corrected chi connectivity index (χ1v) is 11.8. The van der Waals surface area contributed by atoms with Gasteiger partial charge < -0.3 is 19.6 Å². The van der Waals surface area contributed by atoms with E-state index in [0.29, 0.717) is 46.6 Å². The van der Waals surface area contributed by atoms with Gasteiger partial charge in [-0.1, -0.05) is 43.1 Å². The summed E-state index contributed by atoms with van der Waals surface area (Å²) in [6, 6.07) is 11.0. The molecule has 6 nitrogen and oxygen atoms in total. The molecule has 0 unspecified atom stereocenters. The molecule has 1 aliphatic heterocycles. The minimum absolute atomic E-state index is 0.0297. The molecule has 33 heavy (non-hydrogen) atoms. The average Bonchev–Trinajstić information content (AvgIpc) is 3.06. The van der Waals surface area contributed by atoms with Gasteiger partial charge in [0.05, 0.1) is 28.3 Å². The lowest BCUT2D eigenvalue weighted by Gasteiger charge is -2.28. The summed E-state index contributed by atoms with van der Waals surface area (Å²) in [5.41, 5.74) is 1.06. The number of rotatable bonds is 9. The van der Waals surface area contributed by atoms with Crippen molar-refractivity contribution in [1.82, 2.24) is 9.80 Å². The molecular formula is C25H28Cl2N2O4. The third kappa shape index (κ3) is 5.35. The molecule has 176 valence electrons. The van der Waals surface area contributed by atoms with Gasteiger partial charge >= 0.3 is 0 Å². The number of likely N-dealkylation sites (tertiary alicyclic amines) is 1. The minimum Gasteiger partial charge on any atom is -0.507 e. The first kappa shape index (κ1) is 25.1. The molecular weight excluding hydrogens is 463 g/mol. The van der Waals surface area contributed by atoms with Gasteiger partial charge in [-0.2, -0.15) is 0 Å². The Morgan fingerprint density at radius 3 is 2.27 bits per heavy atom. The standard InChI is InChI=1S/C25H28Cl2N2O4/c1-4-28(5-2)13-14-29-22(17-9-12-19(26)20(27)15-17)21(24(31)25(29)32)23(30)16-7-10-18(11-8-16)33-6-3/h7-12,15,22,30H,4-6,13-14H2,1-3H3/t22-/m0/s1. The predicted octanol–water partition coefficient (Wildman–Crippen LogP) is 5.16. The van der Waals surface area contributed by atoms with Gasteiger partial charge in [-0.25, -0.2) is 0 Å². The minimum atomic E-state index is -0.776. The van der Waals surface area contributed by atoms with Crippen molar-refractivity contribution in [2.24, 2.45) is 0 Å². The van der Waals surface area contributed by atoms with E-state index in [-0.39, 0.29) is 11.3 Å². The molecule has 8 heteroatoms. The van der Waals surface area contributed by atoms with Gasteiger partial charge in [0.15, 0.2) is 0 Å². The van der Waals surface area contributed by atoms with Gasteiger partial charge in [-0.3, -0.25) is 9.59 Å². The lowest BCUT2D eigenvalue weighted by molar-refractivity contribution is -0.140. The van der Waals surface area contributed by atoms with Gasteiger partial charge in [0, 0.05) is 18.7 Å². The number of aliphatic hydroxyl groups excluding tert-OH is 1. The van der Waals surface area contributed by atoms with Crippen molar-refractivity contribution in [2.75, 3.05) is 32.8 Å². The highest BCUT2D eigenvalue weighted by Gasteiger charge is 2.46. The highest BCUT2D eigenvalue weighted by Crippen LogP contribution is 2.41. The van der Waals surface area contributed by atoms with Crippen molar-refractivity contribution in [1.29, 1.82) is 0 Å². The van der Waals surface area contributed by atoms with Gasteiger partial charge in [0.2, 0.25) is 0 Å². The molecule has 3 rings (SSSR count). The third-order valence-electron chi connectivity index (χ3n) is 5.79. The van der Waals surface area contributed by atoms with Gasteiger partial charge in [0.25, 0.3) is 11.7 Å². The van der Waals surface area contributed by atoms with Crippen molar-refractivity contribution in [3.05, 3.63) is 69.2 Å². The zero-order chi connectivity index (χ0) is 24.1. The van der Waals surface area contributed by atoms with Crippen LogP contribution in [0.3, 0.4) is 0 Å². The number of ether oxygens (including phenoxy) is 1. The smallest absolute Gasteiger partial charge is 0.295 e. The number of halogens is 2. The number of aliphatic hydroxyl groups is 1. The monoisotopic (exact) mass is 490 g/mol. The van der Waals surface area contributed by atoms with Crippen LogP contribution in [0.4, 0.5) is 0 Å². The normalized spacial score (nSPS) is 17.8. The summed E-state index contributed by atoms with van der Waals surface area (Å²) < 4.78 is 5.45.